The molecule has 172 valence electrons. The van der Waals surface area contributed by atoms with Crippen LogP contribution in [0.15, 0.2) is 54.9 Å². The highest BCUT2D eigenvalue weighted by molar-refractivity contribution is 7.20. The highest BCUT2D eigenvalue weighted by atomic mass is 35.5. The maximum Gasteiger partial charge on any atom is 0.151 e. The van der Waals surface area contributed by atoms with Gasteiger partial charge >= 0.3 is 0 Å². The van der Waals surface area contributed by atoms with Gasteiger partial charge in [0.05, 0.1) is 20.1 Å². The molecule has 3 heterocycles. The molecule has 34 heavy (non-hydrogen) atoms. The molecule has 0 spiro atoms. The Balaban J connectivity index is 1.32. The van der Waals surface area contributed by atoms with Gasteiger partial charge in [-0.2, -0.15) is 0 Å². The molecule has 1 fully saturated rings. The topological polar surface area (TPSA) is 79.3 Å². The lowest BCUT2D eigenvalue weighted by Gasteiger charge is -2.11. The largest absolute Gasteiger partial charge is 0.487 e. The first kappa shape index (κ1) is 22.6. The maximum absolute atomic E-state index is 13.4. The summed E-state index contributed by atoms with van der Waals surface area (Å²) in [6, 6.07) is 13.5. The van der Waals surface area contributed by atoms with Crippen molar-refractivity contribution in [3.8, 4) is 17.6 Å². The fourth-order valence-electron chi connectivity index (χ4n) is 3.59. The number of nitrogens with zero attached hydrogens (tertiary/aromatic N) is 2. The van der Waals surface area contributed by atoms with Crippen LogP contribution in [0.25, 0.3) is 10.2 Å². The van der Waals surface area contributed by atoms with Gasteiger partial charge in [0.2, 0.25) is 0 Å². The van der Waals surface area contributed by atoms with Gasteiger partial charge in [0.1, 0.15) is 30.1 Å². The van der Waals surface area contributed by atoms with E-state index in [1.54, 1.807) is 24.3 Å². The Kier molecular flexibility index (Phi) is 6.35. The van der Waals surface area contributed by atoms with Crippen molar-refractivity contribution >= 4 is 44.7 Å². The van der Waals surface area contributed by atoms with Crippen LogP contribution in [-0.2, 0) is 6.61 Å². The quantitative estimate of drug-likeness (QED) is 0.343. The lowest BCUT2D eigenvalue weighted by molar-refractivity contribution is 0.124. The van der Waals surface area contributed by atoms with E-state index in [1.807, 2.05) is 12.1 Å². The number of aromatic nitrogens is 2. The molecular weight excluding hydrogens is 475 g/mol. The number of hydrogen-bond donors (Lipinski definition) is 3. The Morgan fingerprint density at radius 3 is 2.94 bits per heavy atom. The number of nitrogens with one attached hydrogen (secondary N) is 2. The van der Waals surface area contributed by atoms with E-state index in [1.165, 1.54) is 29.8 Å². The minimum Gasteiger partial charge on any atom is -0.487 e. The summed E-state index contributed by atoms with van der Waals surface area (Å²) in [5.41, 5.74) is 1.23. The minimum absolute atomic E-state index is 0.209. The number of ether oxygens (including phenoxy) is 1. The van der Waals surface area contributed by atoms with E-state index in [4.69, 9.17) is 16.3 Å². The molecular formula is C25H20ClFN4O2S. The molecule has 9 heteroatoms. The first-order chi connectivity index (χ1) is 16.5. The van der Waals surface area contributed by atoms with Crippen LogP contribution in [0.5, 0.6) is 5.75 Å². The first-order valence-electron chi connectivity index (χ1n) is 10.6. The molecule has 4 aromatic rings. The monoisotopic (exact) mass is 494 g/mol. The van der Waals surface area contributed by atoms with Crippen LogP contribution in [0.4, 0.5) is 15.9 Å². The summed E-state index contributed by atoms with van der Waals surface area (Å²) in [6.45, 7) is 1.44. The number of fused-ring (bicyclic) bond motifs is 1. The lowest BCUT2D eigenvalue weighted by atomic mass is 10.0. The number of anilines is 2. The molecule has 1 saturated heterocycles. The van der Waals surface area contributed by atoms with E-state index in [0.29, 0.717) is 29.6 Å². The second-order valence-electron chi connectivity index (χ2n) is 7.94. The number of benzene rings is 2. The second-order valence-corrected chi connectivity index (χ2v) is 9.40. The Hall–Kier alpha value is -3.22. The molecule has 0 radical (unpaired) electrons. The number of rotatable bonds is 5. The molecule has 0 unspecified atom stereocenters. The van der Waals surface area contributed by atoms with Crippen molar-refractivity contribution in [3.05, 3.63) is 76.1 Å². The molecule has 6 nitrogen and oxygen atoms in total. The highest BCUT2D eigenvalue weighted by Crippen LogP contribution is 2.33. The molecule has 0 amide bonds. The summed E-state index contributed by atoms with van der Waals surface area (Å²) in [7, 11) is 0. The molecule has 1 atom stereocenters. The van der Waals surface area contributed by atoms with Gasteiger partial charge in [-0.05, 0) is 48.5 Å². The van der Waals surface area contributed by atoms with Crippen molar-refractivity contribution in [3.63, 3.8) is 0 Å². The van der Waals surface area contributed by atoms with E-state index < -0.39 is 5.60 Å². The van der Waals surface area contributed by atoms with E-state index in [2.05, 4.69) is 32.4 Å². The standard InChI is InChI=1S/C25H20ClFN4O2S/c26-20-11-18(4-5-22(20)33-13-16-2-1-3-17(27)10-16)31-24-23-21(29-15-30-24)12-19(34-23)6-7-25(32)8-9-28-14-25/h1-5,10-12,15,28,32H,8-9,13-14H2,(H,29,30,31)/t25-/m0/s1. The molecule has 5 rings (SSSR count). The average Bonchev–Trinajstić information content (AvgIpc) is 3.44. The van der Waals surface area contributed by atoms with E-state index in [0.717, 1.165) is 32.9 Å². The number of aliphatic hydroxyl groups is 1. The smallest absolute Gasteiger partial charge is 0.151 e. The number of β-amino-alcohol motifs (C(OH)–C–C–N with tert-alkyl or cyclic N) is 1. The van der Waals surface area contributed by atoms with Gasteiger partial charge in [-0.1, -0.05) is 35.6 Å². The predicted octanol–water partition coefficient (Wildman–Crippen LogP) is 4.88. The van der Waals surface area contributed by atoms with Gasteiger partial charge in [-0.3, -0.25) is 0 Å². The summed E-state index contributed by atoms with van der Waals surface area (Å²) in [5.74, 6) is 6.88. The fourth-order valence-corrected chi connectivity index (χ4v) is 4.73. The van der Waals surface area contributed by atoms with Crippen molar-refractivity contribution in [1.29, 1.82) is 0 Å². The van der Waals surface area contributed by atoms with Crippen molar-refractivity contribution in [2.45, 2.75) is 18.6 Å². The third-order valence-corrected chi connectivity index (χ3v) is 6.68. The van der Waals surface area contributed by atoms with Gasteiger partial charge in [0.25, 0.3) is 0 Å². The molecule has 2 aromatic heterocycles. The van der Waals surface area contributed by atoms with Gasteiger partial charge in [-0.15, -0.1) is 11.3 Å². The zero-order chi connectivity index (χ0) is 23.5. The van der Waals surface area contributed by atoms with Crippen LogP contribution in [0.3, 0.4) is 0 Å². The van der Waals surface area contributed by atoms with Crippen LogP contribution in [0, 0.1) is 17.7 Å². The molecule has 1 aliphatic rings. The summed E-state index contributed by atoms with van der Waals surface area (Å²) >= 11 is 7.87. The number of hydrogen-bond acceptors (Lipinski definition) is 7. The Bertz CT molecular complexity index is 1410. The number of halogens is 2. The zero-order valence-corrected chi connectivity index (χ0v) is 19.5. The third-order valence-electron chi connectivity index (χ3n) is 5.34. The molecule has 0 aliphatic carbocycles. The highest BCUT2D eigenvalue weighted by Gasteiger charge is 2.28. The molecule has 0 saturated carbocycles. The summed E-state index contributed by atoms with van der Waals surface area (Å²) in [6.07, 6.45) is 2.10. The van der Waals surface area contributed by atoms with Gasteiger partial charge < -0.3 is 20.5 Å². The Morgan fingerprint density at radius 2 is 2.15 bits per heavy atom. The van der Waals surface area contributed by atoms with Crippen LogP contribution in [0.2, 0.25) is 5.02 Å². The SMILES string of the molecule is O[C@@]1(C#Cc2cc3ncnc(Nc4ccc(OCc5cccc(F)c5)c(Cl)c4)c3s2)CCNC1. The maximum atomic E-state index is 13.4. The molecule has 1 aliphatic heterocycles. The van der Waals surface area contributed by atoms with Crippen LogP contribution in [-0.4, -0.2) is 33.8 Å². The lowest BCUT2D eigenvalue weighted by Crippen LogP contribution is -2.28. The van der Waals surface area contributed by atoms with Crippen molar-refractivity contribution in [2.24, 2.45) is 0 Å². The van der Waals surface area contributed by atoms with Crippen molar-refractivity contribution in [2.75, 3.05) is 18.4 Å². The van der Waals surface area contributed by atoms with E-state index in [9.17, 15) is 9.50 Å². The van der Waals surface area contributed by atoms with E-state index >= 15 is 0 Å². The summed E-state index contributed by atoms with van der Waals surface area (Å²) in [4.78, 5) is 9.51. The summed E-state index contributed by atoms with van der Waals surface area (Å²) in [5, 5.41) is 17.2. The van der Waals surface area contributed by atoms with Crippen molar-refractivity contribution in [1.82, 2.24) is 15.3 Å². The molecule has 0 bridgehead atoms. The van der Waals surface area contributed by atoms with Crippen LogP contribution >= 0.6 is 22.9 Å². The Morgan fingerprint density at radius 1 is 1.24 bits per heavy atom. The molecule has 2 aromatic carbocycles. The van der Waals surface area contributed by atoms with E-state index in [-0.39, 0.29) is 12.4 Å². The normalized spacial score (nSPS) is 17.4. The van der Waals surface area contributed by atoms with Crippen molar-refractivity contribution < 1.29 is 14.2 Å². The summed E-state index contributed by atoms with van der Waals surface area (Å²) < 4.78 is 20.0. The molecule has 3 N–H and O–H groups in total. The second kappa shape index (κ2) is 9.57. The van der Waals surface area contributed by atoms with Crippen LogP contribution in [0.1, 0.15) is 16.9 Å². The van der Waals surface area contributed by atoms with Gasteiger partial charge in [0, 0.05) is 18.7 Å². The Labute approximate surface area is 204 Å². The van der Waals surface area contributed by atoms with Crippen LogP contribution < -0.4 is 15.4 Å². The first-order valence-corrected chi connectivity index (χ1v) is 11.8. The zero-order valence-electron chi connectivity index (χ0n) is 17.9. The van der Waals surface area contributed by atoms with Gasteiger partial charge in [-0.25, -0.2) is 14.4 Å². The average molecular weight is 495 g/mol. The fraction of sp³-hybridized carbons (Fsp3) is 0.200. The minimum atomic E-state index is -0.988. The third kappa shape index (κ3) is 5.13. The number of thiophene rings is 1. The predicted molar refractivity (Wildman–Crippen MR) is 132 cm³/mol. The van der Waals surface area contributed by atoms with Gasteiger partial charge in [0.15, 0.2) is 5.82 Å².